The first kappa shape index (κ1) is 10.0. The van der Waals surface area contributed by atoms with E-state index in [4.69, 9.17) is 9.47 Å². The number of rotatable bonds is 4. The quantitative estimate of drug-likeness (QED) is 0.643. The SMILES string of the molecule is CCC(OCC1CCCO1)=C1CCC1. The zero-order valence-corrected chi connectivity index (χ0v) is 9.05. The van der Waals surface area contributed by atoms with Crippen LogP contribution in [0.2, 0.25) is 0 Å². The predicted molar refractivity (Wildman–Crippen MR) is 56.1 cm³/mol. The van der Waals surface area contributed by atoms with Crippen molar-refractivity contribution in [2.75, 3.05) is 13.2 Å². The molecule has 0 aromatic rings. The first-order chi connectivity index (χ1) is 6.90. The van der Waals surface area contributed by atoms with Gasteiger partial charge in [-0.1, -0.05) is 6.92 Å². The summed E-state index contributed by atoms with van der Waals surface area (Å²) in [7, 11) is 0. The smallest absolute Gasteiger partial charge is 0.114 e. The van der Waals surface area contributed by atoms with Gasteiger partial charge >= 0.3 is 0 Å². The lowest BCUT2D eigenvalue weighted by molar-refractivity contribution is 0.0397. The van der Waals surface area contributed by atoms with Gasteiger partial charge in [0.15, 0.2) is 0 Å². The van der Waals surface area contributed by atoms with Crippen molar-refractivity contribution in [3.05, 3.63) is 11.3 Å². The van der Waals surface area contributed by atoms with Gasteiger partial charge in [-0.3, -0.25) is 0 Å². The van der Waals surface area contributed by atoms with Crippen molar-refractivity contribution >= 4 is 0 Å². The number of allylic oxidation sites excluding steroid dienone is 2. The van der Waals surface area contributed by atoms with E-state index >= 15 is 0 Å². The Morgan fingerprint density at radius 3 is 2.79 bits per heavy atom. The molecule has 1 aliphatic carbocycles. The third-order valence-corrected chi connectivity index (χ3v) is 3.14. The summed E-state index contributed by atoms with van der Waals surface area (Å²) in [5.74, 6) is 1.24. The van der Waals surface area contributed by atoms with Crippen LogP contribution in [0.25, 0.3) is 0 Å². The Balaban J connectivity index is 1.77. The van der Waals surface area contributed by atoms with Gasteiger partial charge in [0.1, 0.15) is 6.61 Å². The number of hydrogen-bond acceptors (Lipinski definition) is 2. The van der Waals surface area contributed by atoms with Crippen molar-refractivity contribution in [2.24, 2.45) is 0 Å². The molecule has 2 heteroatoms. The molecule has 1 unspecified atom stereocenters. The fourth-order valence-electron chi connectivity index (χ4n) is 2.06. The van der Waals surface area contributed by atoms with Crippen LogP contribution in [-0.2, 0) is 9.47 Å². The van der Waals surface area contributed by atoms with Gasteiger partial charge in [0.05, 0.1) is 11.9 Å². The minimum absolute atomic E-state index is 0.359. The van der Waals surface area contributed by atoms with E-state index in [9.17, 15) is 0 Å². The van der Waals surface area contributed by atoms with Crippen molar-refractivity contribution < 1.29 is 9.47 Å². The highest BCUT2D eigenvalue weighted by Gasteiger charge is 2.19. The molecule has 1 atom stereocenters. The van der Waals surface area contributed by atoms with Crippen molar-refractivity contribution in [1.82, 2.24) is 0 Å². The van der Waals surface area contributed by atoms with E-state index < -0.39 is 0 Å². The molecular formula is C12H20O2. The van der Waals surface area contributed by atoms with E-state index in [2.05, 4.69) is 6.92 Å². The zero-order chi connectivity index (χ0) is 9.80. The van der Waals surface area contributed by atoms with Crippen molar-refractivity contribution in [2.45, 2.75) is 51.6 Å². The standard InChI is InChI=1S/C12H20O2/c1-2-12(10-5-3-6-10)14-9-11-7-4-8-13-11/h11H,2-9H2,1H3. The summed E-state index contributed by atoms with van der Waals surface area (Å²) in [6.45, 7) is 3.87. The largest absolute Gasteiger partial charge is 0.495 e. The maximum atomic E-state index is 5.83. The Morgan fingerprint density at radius 2 is 2.29 bits per heavy atom. The van der Waals surface area contributed by atoms with Crippen LogP contribution < -0.4 is 0 Å². The molecule has 2 aliphatic rings. The lowest BCUT2D eigenvalue weighted by atomic mass is 9.90. The Labute approximate surface area is 86.3 Å². The van der Waals surface area contributed by atoms with Crippen LogP contribution in [0.15, 0.2) is 11.3 Å². The van der Waals surface area contributed by atoms with Crippen LogP contribution in [0.1, 0.15) is 45.4 Å². The van der Waals surface area contributed by atoms with Gasteiger partial charge in [-0.2, -0.15) is 0 Å². The van der Waals surface area contributed by atoms with Crippen LogP contribution in [0, 0.1) is 0 Å². The van der Waals surface area contributed by atoms with Crippen molar-refractivity contribution in [1.29, 1.82) is 0 Å². The van der Waals surface area contributed by atoms with Gasteiger partial charge in [0.2, 0.25) is 0 Å². The Hall–Kier alpha value is -0.500. The summed E-state index contributed by atoms with van der Waals surface area (Å²) in [5.41, 5.74) is 1.55. The Kier molecular flexibility index (Phi) is 3.46. The summed E-state index contributed by atoms with van der Waals surface area (Å²) in [6, 6.07) is 0. The monoisotopic (exact) mass is 196 g/mol. The molecule has 1 saturated carbocycles. The van der Waals surface area contributed by atoms with Crippen LogP contribution in [0.3, 0.4) is 0 Å². The van der Waals surface area contributed by atoms with E-state index in [1.807, 2.05) is 0 Å². The van der Waals surface area contributed by atoms with Crippen molar-refractivity contribution in [3.63, 3.8) is 0 Å². The zero-order valence-electron chi connectivity index (χ0n) is 9.05. The van der Waals surface area contributed by atoms with Crippen LogP contribution in [0.5, 0.6) is 0 Å². The molecule has 1 saturated heterocycles. The average Bonchev–Trinajstić information content (AvgIpc) is 2.61. The molecule has 0 bridgehead atoms. The Bertz CT molecular complexity index is 208. The van der Waals surface area contributed by atoms with E-state index in [1.165, 1.54) is 37.9 Å². The number of hydrogen-bond donors (Lipinski definition) is 0. The lowest BCUT2D eigenvalue weighted by Crippen LogP contribution is -2.15. The summed E-state index contributed by atoms with van der Waals surface area (Å²) < 4.78 is 11.4. The highest BCUT2D eigenvalue weighted by Crippen LogP contribution is 2.30. The minimum Gasteiger partial charge on any atom is -0.495 e. The molecule has 1 aliphatic heterocycles. The molecule has 80 valence electrons. The second-order valence-corrected chi connectivity index (χ2v) is 4.18. The van der Waals surface area contributed by atoms with Gasteiger partial charge in [-0.05, 0) is 37.7 Å². The van der Waals surface area contributed by atoms with Crippen molar-refractivity contribution in [3.8, 4) is 0 Å². The molecule has 2 nitrogen and oxygen atoms in total. The van der Waals surface area contributed by atoms with E-state index in [0.29, 0.717) is 6.10 Å². The topological polar surface area (TPSA) is 18.5 Å². The second-order valence-electron chi connectivity index (χ2n) is 4.18. The summed E-state index contributed by atoms with van der Waals surface area (Å²) in [5, 5.41) is 0. The highest BCUT2D eigenvalue weighted by molar-refractivity contribution is 5.14. The molecular weight excluding hydrogens is 176 g/mol. The molecule has 2 rings (SSSR count). The van der Waals surface area contributed by atoms with Gasteiger partial charge in [-0.25, -0.2) is 0 Å². The van der Waals surface area contributed by atoms with Crippen LogP contribution >= 0.6 is 0 Å². The fraction of sp³-hybridized carbons (Fsp3) is 0.833. The minimum atomic E-state index is 0.359. The van der Waals surface area contributed by atoms with Crippen LogP contribution in [0.4, 0.5) is 0 Å². The molecule has 1 heterocycles. The maximum absolute atomic E-state index is 5.83. The van der Waals surface area contributed by atoms with E-state index in [0.717, 1.165) is 19.6 Å². The lowest BCUT2D eigenvalue weighted by Gasteiger charge is -2.22. The Morgan fingerprint density at radius 1 is 1.43 bits per heavy atom. The third kappa shape index (κ3) is 2.30. The first-order valence-corrected chi connectivity index (χ1v) is 5.85. The fourth-order valence-corrected chi connectivity index (χ4v) is 2.06. The average molecular weight is 196 g/mol. The summed E-state index contributed by atoms with van der Waals surface area (Å²) in [6.07, 6.45) is 7.64. The molecule has 0 N–H and O–H groups in total. The maximum Gasteiger partial charge on any atom is 0.114 e. The molecule has 2 fully saturated rings. The van der Waals surface area contributed by atoms with E-state index in [1.54, 1.807) is 5.57 Å². The molecule has 0 aromatic heterocycles. The summed E-state index contributed by atoms with van der Waals surface area (Å²) >= 11 is 0. The van der Waals surface area contributed by atoms with Gasteiger partial charge in [0, 0.05) is 13.0 Å². The molecule has 0 aromatic carbocycles. The first-order valence-electron chi connectivity index (χ1n) is 5.85. The highest BCUT2D eigenvalue weighted by atomic mass is 16.5. The number of ether oxygens (including phenoxy) is 2. The molecule has 14 heavy (non-hydrogen) atoms. The normalized spacial score (nSPS) is 26.1. The van der Waals surface area contributed by atoms with E-state index in [-0.39, 0.29) is 0 Å². The predicted octanol–water partition coefficient (Wildman–Crippen LogP) is 3.03. The van der Waals surface area contributed by atoms with Crippen LogP contribution in [-0.4, -0.2) is 19.3 Å². The molecule has 0 spiro atoms. The van der Waals surface area contributed by atoms with Gasteiger partial charge < -0.3 is 9.47 Å². The third-order valence-electron chi connectivity index (χ3n) is 3.14. The second kappa shape index (κ2) is 4.83. The summed E-state index contributed by atoms with van der Waals surface area (Å²) in [4.78, 5) is 0. The van der Waals surface area contributed by atoms with Gasteiger partial charge in [-0.15, -0.1) is 0 Å². The van der Waals surface area contributed by atoms with Gasteiger partial charge in [0.25, 0.3) is 0 Å². The molecule has 0 radical (unpaired) electrons. The molecule has 0 amide bonds.